The van der Waals surface area contributed by atoms with E-state index in [4.69, 9.17) is 4.42 Å². The van der Waals surface area contributed by atoms with E-state index in [-0.39, 0.29) is 11.1 Å². The van der Waals surface area contributed by atoms with E-state index in [0.29, 0.717) is 22.0 Å². The Morgan fingerprint density at radius 3 is 1.69 bits per heavy atom. The molecule has 0 atom stereocenters. The van der Waals surface area contributed by atoms with Crippen LogP contribution in [0.4, 0.5) is 0 Å². The van der Waals surface area contributed by atoms with Crippen LogP contribution in [-0.4, -0.2) is 9.03 Å². The summed E-state index contributed by atoms with van der Waals surface area (Å²) < 4.78 is 9.24. The van der Waals surface area contributed by atoms with Crippen LogP contribution < -0.4 is 11.1 Å². The lowest BCUT2D eigenvalue weighted by molar-refractivity contribution is 0.662. The predicted octanol–water partition coefficient (Wildman–Crippen LogP) is 9.04. The van der Waals surface area contributed by atoms with Crippen molar-refractivity contribution in [3.05, 3.63) is 154 Å². The first kappa shape index (κ1) is 24.3. The molecule has 0 fully saturated rings. The number of aromatic nitrogens is 2. The number of furan rings is 1. The average molecular weight is 579 g/mol. The molecule has 3 heterocycles. The second-order valence-electron chi connectivity index (χ2n) is 11.6. The zero-order valence-electron chi connectivity index (χ0n) is 23.8. The predicted molar refractivity (Wildman–Crippen MR) is 183 cm³/mol. The van der Waals surface area contributed by atoms with Crippen molar-refractivity contribution >= 4 is 65.3 Å². The van der Waals surface area contributed by atoms with Gasteiger partial charge in [-0.3, -0.25) is 9.59 Å². The highest BCUT2D eigenvalue weighted by Gasteiger charge is 2.24. The molecule has 7 aromatic carbocycles. The van der Waals surface area contributed by atoms with Crippen molar-refractivity contribution in [1.29, 1.82) is 0 Å². The zero-order valence-corrected chi connectivity index (χ0v) is 23.8. The minimum Gasteiger partial charge on any atom is -0.448 e. The molecule has 210 valence electrons. The van der Waals surface area contributed by atoms with Gasteiger partial charge in [0, 0.05) is 5.39 Å². The van der Waals surface area contributed by atoms with Crippen LogP contribution in [0.1, 0.15) is 0 Å². The number of hydrogen-bond donors (Lipinski definition) is 0. The fourth-order valence-corrected chi connectivity index (χ4v) is 7.31. The maximum Gasteiger partial charge on any atom is 0.318 e. The van der Waals surface area contributed by atoms with Crippen LogP contribution in [0.25, 0.3) is 87.5 Å². The summed E-state index contributed by atoms with van der Waals surface area (Å²) in [7, 11) is 0. The topological polar surface area (TPSA) is 56.1 Å². The molecule has 0 spiro atoms. The van der Waals surface area contributed by atoms with Crippen LogP contribution in [0, 0.1) is 0 Å². The molecule has 10 rings (SSSR count). The van der Waals surface area contributed by atoms with Crippen molar-refractivity contribution in [3.63, 3.8) is 0 Å². The van der Waals surface area contributed by atoms with E-state index in [9.17, 15) is 9.59 Å². The maximum absolute atomic E-state index is 13.9. The summed E-state index contributed by atoms with van der Waals surface area (Å²) in [5, 5.41) is 7.78. The molecule has 10 aromatic rings. The van der Waals surface area contributed by atoms with E-state index < -0.39 is 5.56 Å². The van der Waals surface area contributed by atoms with Crippen LogP contribution in [0.2, 0.25) is 0 Å². The molecule has 45 heavy (non-hydrogen) atoms. The van der Waals surface area contributed by atoms with Gasteiger partial charge in [0.05, 0.1) is 10.9 Å². The van der Waals surface area contributed by atoms with E-state index in [2.05, 4.69) is 66.7 Å². The molecule has 5 nitrogen and oxygen atoms in total. The second kappa shape index (κ2) is 8.68. The first-order valence-electron chi connectivity index (χ1n) is 14.9. The van der Waals surface area contributed by atoms with Crippen molar-refractivity contribution in [1.82, 2.24) is 9.03 Å². The third kappa shape index (κ3) is 3.16. The van der Waals surface area contributed by atoms with Crippen LogP contribution in [-0.2, 0) is 0 Å². The largest absolute Gasteiger partial charge is 0.448 e. The van der Waals surface area contributed by atoms with E-state index in [1.807, 2.05) is 66.7 Å². The molecule has 0 saturated carbocycles. The van der Waals surface area contributed by atoms with Gasteiger partial charge < -0.3 is 4.42 Å². The van der Waals surface area contributed by atoms with E-state index >= 15 is 0 Å². The van der Waals surface area contributed by atoms with Crippen molar-refractivity contribution in [3.8, 4) is 22.3 Å². The molecular formula is C40H22N2O3. The SMILES string of the molecule is O=c1c2cc3c4ccccc4c4ccccc4c3cc2n2c3c(oc4cc(-c5ccccc5-c5ccccc5)ccc43)c(=O)n12. The smallest absolute Gasteiger partial charge is 0.318 e. The Balaban J connectivity index is 1.29. The first-order valence-corrected chi connectivity index (χ1v) is 14.9. The van der Waals surface area contributed by atoms with Crippen molar-refractivity contribution in [2.75, 3.05) is 0 Å². The third-order valence-electron chi connectivity index (χ3n) is 9.30. The minimum absolute atomic E-state index is 0.181. The van der Waals surface area contributed by atoms with Gasteiger partial charge in [0.1, 0.15) is 11.1 Å². The fourth-order valence-electron chi connectivity index (χ4n) is 7.31. The van der Waals surface area contributed by atoms with Gasteiger partial charge in [-0.25, -0.2) is 4.52 Å². The highest BCUT2D eigenvalue weighted by molar-refractivity contribution is 6.27. The molecule has 0 saturated heterocycles. The van der Waals surface area contributed by atoms with E-state index in [0.717, 1.165) is 60.0 Å². The molecule has 0 aliphatic rings. The quantitative estimate of drug-likeness (QED) is 0.192. The van der Waals surface area contributed by atoms with Gasteiger partial charge in [0.15, 0.2) is 0 Å². The Hall–Kier alpha value is -6.20. The molecule has 0 aliphatic carbocycles. The molecule has 0 N–H and O–H groups in total. The maximum atomic E-state index is 13.9. The summed E-state index contributed by atoms with van der Waals surface area (Å²) in [6.45, 7) is 0. The molecule has 0 radical (unpaired) electrons. The number of benzene rings is 7. The molecule has 0 bridgehead atoms. The van der Waals surface area contributed by atoms with Crippen molar-refractivity contribution in [2.24, 2.45) is 0 Å². The number of rotatable bonds is 2. The number of nitrogens with zero attached hydrogens (tertiary/aromatic N) is 2. The zero-order chi connectivity index (χ0) is 29.8. The van der Waals surface area contributed by atoms with Crippen LogP contribution in [0.15, 0.2) is 147 Å². The Labute approximate surface area is 254 Å². The summed E-state index contributed by atoms with van der Waals surface area (Å²) in [6.07, 6.45) is 0. The van der Waals surface area contributed by atoms with Gasteiger partial charge >= 0.3 is 5.56 Å². The summed E-state index contributed by atoms with van der Waals surface area (Å²) in [4.78, 5) is 27.7. The minimum atomic E-state index is -0.451. The van der Waals surface area contributed by atoms with Crippen molar-refractivity contribution < 1.29 is 4.42 Å². The molecule has 0 unspecified atom stereocenters. The lowest BCUT2D eigenvalue weighted by Crippen LogP contribution is -2.21. The highest BCUT2D eigenvalue weighted by Crippen LogP contribution is 2.39. The average Bonchev–Trinajstić information content (AvgIpc) is 3.71. The van der Waals surface area contributed by atoms with Crippen LogP contribution in [0.5, 0.6) is 0 Å². The first-order chi connectivity index (χ1) is 22.2. The fraction of sp³-hybridized carbons (Fsp3) is 0. The summed E-state index contributed by atoms with van der Waals surface area (Å²) in [5.41, 5.74) is 5.58. The van der Waals surface area contributed by atoms with Gasteiger partial charge in [0.25, 0.3) is 5.56 Å². The summed E-state index contributed by atoms with van der Waals surface area (Å²) in [5.74, 6) is 0. The Morgan fingerprint density at radius 2 is 1.00 bits per heavy atom. The number of hydrogen-bond acceptors (Lipinski definition) is 3. The molecule has 0 aliphatic heterocycles. The van der Waals surface area contributed by atoms with Crippen molar-refractivity contribution in [2.45, 2.75) is 0 Å². The molecular weight excluding hydrogens is 556 g/mol. The van der Waals surface area contributed by atoms with Crippen LogP contribution >= 0.6 is 0 Å². The third-order valence-corrected chi connectivity index (χ3v) is 9.30. The molecule has 3 aromatic heterocycles. The van der Waals surface area contributed by atoms with Crippen LogP contribution in [0.3, 0.4) is 0 Å². The monoisotopic (exact) mass is 578 g/mol. The second-order valence-corrected chi connectivity index (χ2v) is 11.6. The Bertz CT molecular complexity index is 2970. The standard InChI is InChI=1S/C40H22N2O3/c43-39-34-21-32-29-16-8-6-14-27(29)28-15-7-9-17-30(28)33(32)22-35(34)41-37-31-19-18-24(20-36(31)45-38(37)40(44)42(39)41)26-13-5-4-12-25(26)23-10-2-1-3-11-23/h1-22H. The van der Waals surface area contributed by atoms with E-state index in [1.54, 1.807) is 4.52 Å². The number of fused-ring (bicyclic) bond motifs is 13. The lowest BCUT2D eigenvalue weighted by atomic mass is 9.93. The van der Waals surface area contributed by atoms with E-state index in [1.165, 1.54) is 4.52 Å². The van der Waals surface area contributed by atoms with Gasteiger partial charge in [0.2, 0.25) is 5.58 Å². The molecule has 5 heteroatoms. The summed E-state index contributed by atoms with van der Waals surface area (Å²) in [6, 6.07) is 45.2. The Kier molecular flexibility index (Phi) is 4.68. The lowest BCUT2D eigenvalue weighted by Gasteiger charge is -2.10. The normalized spacial score (nSPS) is 12.2. The van der Waals surface area contributed by atoms with Gasteiger partial charge in [-0.1, -0.05) is 109 Å². The van der Waals surface area contributed by atoms with Gasteiger partial charge in [-0.15, -0.1) is 0 Å². The molecule has 0 amide bonds. The Morgan fingerprint density at radius 1 is 0.422 bits per heavy atom. The summed E-state index contributed by atoms with van der Waals surface area (Å²) >= 11 is 0. The van der Waals surface area contributed by atoms with Gasteiger partial charge in [-0.05, 0) is 78.8 Å². The highest BCUT2D eigenvalue weighted by atomic mass is 16.3. The van der Waals surface area contributed by atoms with Gasteiger partial charge in [-0.2, -0.15) is 4.52 Å².